The van der Waals surface area contributed by atoms with Crippen molar-refractivity contribution in [2.75, 3.05) is 11.9 Å². The maximum atomic E-state index is 12.3. The number of alkyl halides is 3. The second-order valence-electron chi connectivity index (χ2n) is 6.53. The Bertz CT molecular complexity index is 841. The molecule has 0 atom stereocenters. The van der Waals surface area contributed by atoms with Gasteiger partial charge in [0, 0.05) is 19.2 Å². The molecule has 1 aromatic heterocycles. The minimum atomic E-state index is -5.47. The topological polar surface area (TPSA) is 112 Å². The van der Waals surface area contributed by atoms with Crippen LogP contribution in [-0.2, 0) is 9.59 Å². The van der Waals surface area contributed by atoms with Gasteiger partial charge in [0.05, 0.1) is 4.88 Å². The van der Waals surface area contributed by atoms with Crippen molar-refractivity contribution in [1.82, 2.24) is 10.3 Å². The highest BCUT2D eigenvalue weighted by atomic mass is 32.1. The fourth-order valence-corrected chi connectivity index (χ4v) is 3.31. The van der Waals surface area contributed by atoms with Crippen LogP contribution in [0.5, 0.6) is 0 Å². The Morgan fingerprint density at radius 3 is 2.37 bits per heavy atom. The Labute approximate surface area is 175 Å². The number of amides is 2. The third kappa shape index (κ3) is 6.78. The first-order valence-electron chi connectivity index (χ1n) is 9.22. The van der Waals surface area contributed by atoms with Crippen molar-refractivity contribution in [2.24, 2.45) is 0 Å². The highest BCUT2D eigenvalue weighted by Crippen LogP contribution is 2.29. The first-order chi connectivity index (χ1) is 14.1. The van der Waals surface area contributed by atoms with E-state index in [0.29, 0.717) is 30.8 Å². The number of anilines is 1. The van der Waals surface area contributed by atoms with Gasteiger partial charge < -0.3 is 20.8 Å². The number of hydrogen-bond donors (Lipinski definition) is 4. The number of rotatable bonds is 10. The van der Waals surface area contributed by atoms with Crippen molar-refractivity contribution in [3.8, 4) is 10.4 Å². The zero-order chi connectivity index (χ0) is 22.2. The molecule has 30 heavy (non-hydrogen) atoms. The van der Waals surface area contributed by atoms with E-state index in [9.17, 15) is 22.8 Å². The Morgan fingerprint density at radius 2 is 1.70 bits per heavy atom. The molecular formula is C19H22F3N3O4S. The molecule has 0 aliphatic carbocycles. The summed E-state index contributed by atoms with van der Waals surface area (Å²) in [5.41, 5.74) is 1.01. The van der Waals surface area contributed by atoms with Crippen LogP contribution < -0.4 is 10.6 Å². The highest BCUT2D eigenvalue weighted by molar-refractivity contribution is 7.19. The lowest BCUT2D eigenvalue weighted by molar-refractivity contribution is -0.328. The van der Waals surface area contributed by atoms with E-state index in [1.807, 2.05) is 35.6 Å². The lowest BCUT2D eigenvalue weighted by Crippen LogP contribution is -2.57. The number of halogens is 3. The number of carbonyl (C=O) groups is 2. The van der Waals surface area contributed by atoms with Crippen LogP contribution in [-0.4, -0.2) is 45.5 Å². The molecule has 0 spiro atoms. The number of nitrogens with one attached hydrogen (secondary N) is 2. The molecule has 1 heterocycles. The molecule has 4 N–H and O–H groups in total. The van der Waals surface area contributed by atoms with Gasteiger partial charge in [-0.2, -0.15) is 13.2 Å². The maximum absolute atomic E-state index is 12.3. The van der Waals surface area contributed by atoms with E-state index in [0.717, 1.165) is 10.4 Å². The summed E-state index contributed by atoms with van der Waals surface area (Å²) in [5, 5.41) is 22.6. The number of carbonyl (C=O) groups excluding carboxylic acids is 2. The van der Waals surface area contributed by atoms with E-state index in [-0.39, 0.29) is 18.9 Å². The van der Waals surface area contributed by atoms with E-state index in [1.54, 1.807) is 6.20 Å². The van der Waals surface area contributed by atoms with Crippen LogP contribution in [0.3, 0.4) is 0 Å². The molecule has 2 amide bonds. The molecule has 11 heteroatoms. The number of nitrogens with zero attached hydrogens (tertiary/aromatic N) is 1. The fourth-order valence-electron chi connectivity index (χ4n) is 2.47. The summed E-state index contributed by atoms with van der Waals surface area (Å²) in [6.45, 7) is -0.134. The lowest BCUT2D eigenvalue weighted by Gasteiger charge is -2.22. The van der Waals surface area contributed by atoms with Crippen LogP contribution in [0.15, 0.2) is 36.5 Å². The van der Waals surface area contributed by atoms with Gasteiger partial charge in [-0.05, 0) is 18.4 Å². The third-order valence-corrected chi connectivity index (χ3v) is 5.10. The molecule has 0 radical (unpaired) electrons. The predicted octanol–water partition coefficient (Wildman–Crippen LogP) is 3.06. The Kier molecular flexibility index (Phi) is 8.33. The molecule has 1 aromatic carbocycles. The zero-order valence-corrected chi connectivity index (χ0v) is 16.7. The number of unbranched alkanes of at least 4 members (excludes halogenated alkanes) is 3. The quantitative estimate of drug-likeness (QED) is 0.332. The van der Waals surface area contributed by atoms with Crippen molar-refractivity contribution in [3.05, 3.63) is 36.5 Å². The summed E-state index contributed by atoms with van der Waals surface area (Å²) < 4.78 is 36.8. The molecule has 0 unspecified atom stereocenters. The normalized spacial score (nSPS) is 11.9. The van der Waals surface area contributed by atoms with Gasteiger partial charge >= 0.3 is 12.0 Å². The summed E-state index contributed by atoms with van der Waals surface area (Å²) in [4.78, 5) is 28.3. The SMILES string of the molecule is O=C(CCCCCCNC(=O)C(O)(O)C(F)(F)F)Nc1ncc(-c2ccccc2)s1. The fraction of sp³-hybridized carbons (Fsp3) is 0.421. The second-order valence-corrected chi connectivity index (χ2v) is 7.56. The average Bonchev–Trinajstić information content (AvgIpc) is 3.15. The molecule has 0 aliphatic rings. The van der Waals surface area contributed by atoms with Gasteiger partial charge in [0.15, 0.2) is 5.13 Å². The number of benzene rings is 1. The molecular weight excluding hydrogens is 423 g/mol. The van der Waals surface area contributed by atoms with Gasteiger partial charge in [0.1, 0.15) is 0 Å². The van der Waals surface area contributed by atoms with E-state index in [1.165, 1.54) is 11.3 Å². The Balaban J connectivity index is 1.60. The Hall–Kier alpha value is -2.50. The number of hydrogen-bond acceptors (Lipinski definition) is 6. The molecule has 164 valence electrons. The number of aromatic nitrogens is 1. The van der Waals surface area contributed by atoms with Crippen molar-refractivity contribution in [1.29, 1.82) is 0 Å². The molecule has 2 aromatic rings. The first-order valence-corrected chi connectivity index (χ1v) is 10.0. The highest BCUT2D eigenvalue weighted by Gasteiger charge is 2.58. The molecule has 2 rings (SSSR count). The number of aliphatic hydroxyl groups is 2. The van der Waals surface area contributed by atoms with Gasteiger partial charge in [0.25, 0.3) is 5.91 Å². The molecule has 0 bridgehead atoms. The van der Waals surface area contributed by atoms with Crippen LogP contribution >= 0.6 is 11.3 Å². The van der Waals surface area contributed by atoms with Gasteiger partial charge in [-0.25, -0.2) is 4.98 Å². The second kappa shape index (κ2) is 10.5. The standard InChI is InChI=1S/C19H22F3N3O4S/c20-19(21,22)18(28,29)16(27)23-11-7-2-1-6-10-15(26)25-17-24-12-14(30-17)13-8-4-3-5-9-13/h3-5,8-9,12,28-29H,1-2,6-7,10-11H2,(H,23,27)(H,24,25,26). The summed E-state index contributed by atoms with van der Waals surface area (Å²) in [7, 11) is 0. The smallest absolute Gasteiger partial charge is 0.351 e. The third-order valence-electron chi connectivity index (χ3n) is 4.14. The van der Waals surface area contributed by atoms with Gasteiger partial charge in [-0.3, -0.25) is 9.59 Å². The zero-order valence-electron chi connectivity index (χ0n) is 15.9. The maximum Gasteiger partial charge on any atom is 0.453 e. The van der Waals surface area contributed by atoms with Gasteiger partial charge in [0.2, 0.25) is 5.91 Å². The Morgan fingerprint density at radius 1 is 1.03 bits per heavy atom. The van der Waals surface area contributed by atoms with E-state index in [4.69, 9.17) is 10.2 Å². The van der Waals surface area contributed by atoms with Crippen molar-refractivity contribution in [3.63, 3.8) is 0 Å². The van der Waals surface area contributed by atoms with Crippen molar-refractivity contribution < 1.29 is 33.0 Å². The molecule has 7 nitrogen and oxygen atoms in total. The van der Waals surface area contributed by atoms with Gasteiger partial charge in [-0.1, -0.05) is 54.5 Å². The van der Waals surface area contributed by atoms with Crippen LogP contribution in [0.1, 0.15) is 32.1 Å². The molecule has 0 aliphatic heterocycles. The van der Waals surface area contributed by atoms with Crippen LogP contribution in [0.2, 0.25) is 0 Å². The minimum Gasteiger partial charge on any atom is -0.351 e. The minimum absolute atomic E-state index is 0.134. The predicted molar refractivity (Wildman–Crippen MR) is 105 cm³/mol. The van der Waals surface area contributed by atoms with Gasteiger partial charge in [-0.15, -0.1) is 0 Å². The van der Waals surface area contributed by atoms with Crippen LogP contribution in [0, 0.1) is 0 Å². The molecule has 0 fully saturated rings. The lowest BCUT2D eigenvalue weighted by atomic mass is 10.1. The van der Waals surface area contributed by atoms with Crippen molar-refractivity contribution in [2.45, 2.75) is 44.1 Å². The largest absolute Gasteiger partial charge is 0.453 e. The summed E-state index contributed by atoms with van der Waals surface area (Å²) in [5.74, 6) is -6.50. The molecule has 0 saturated heterocycles. The van der Waals surface area contributed by atoms with Crippen LogP contribution in [0.4, 0.5) is 18.3 Å². The summed E-state index contributed by atoms with van der Waals surface area (Å²) >= 11 is 1.37. The monoisotopic (exact) mass is 445 g/mol. The molecule has 0 saturated carbocycles. The van der Waals surface area contributed by atoms with E-state index < -0.39 is 17.9 Å². The first kappa shape index (κ1) is 23.8. The van der Waals surface area contributed by atoms with Crippen molar-refractivity contribution >= 4 is 28.3 Å². The van der Waals surface area contributed by atoms with E-state index >= 15 is 0 Å². The summed E-state index contributed by atoms with van der Waals surface area (Å²) in [6, 6.07) is 9.64. The van der Waals surface area contributed by atoms with E-state index in [2.05, 4.69) is 10.3 Å². The van der Waals surface area contributed by atoms with Crippen LogP contribution in [0.25, 0.3) is 10.4 Å². The number of thiazole rings is 1. The average molecular weight is 445 g/mol. The summed E-state index contributed by atoms with van der Waals surface area (Å²) in [6.07, 6.45) is -1.44.